The summed E-state index contributed by atoms with van der Waals surface area (Å²) in [5, 5.41) is 5.32. The quantitative estimate of drug-likeness (QED) is 0.378. The molecule has 0 radical (unpaired) electrons. The monoisotopic (exact) mass is 442 g/mol. The molecule has 5 nitrogen and oxygen atoms in total. The van der Waals surface area contributed by atoms with E-state index in [1.54, 1.807) is 10.6 Å². The van der Waals surface area contributed by atoms with Gasteiger partial charge in [0.1, 0.15) is 11.8 Å². The van der Waals surface area contributed by atoms with E-state index in [1.807, 2.05) is 79.7 Å². The van der Waals surface area contributed by atoms with Crippen LogP contribution in [0, 0.1) is 0 Å². The molecular formula is C26H19ClN2O3. The van der Waals surface area contributed by atoms with E-state index in [9.17, 15) is 9.59 Å². The molecule has 2 aromatic heterocycles. The highest BCUT2D eigenvalue weighted by atomic mass is 35.5. The summed E-state index contributed by atoms with van der Waals surface area (Å²) in [6, 6.07) is 23.5. The summed E-state index contributed by atoms with van der Waals surface area (Å²) < 4.78 is 7.11. The van der Waals surface area contributed by atoms with Gasteiger partial charge in [-0.15, -0.1) is 0 Å². The molecule has 1 amide bonds. The van der Waals surface area contributed by atoms with Crippen molar-refractivity contribution in [1.82, 2.24) is 9.88 Å². The number of nitrogens with one attached hydrogen (secondary N) is 1. The topological polar surface area (TPSA) is 64.2 Å². The highest BCUT2D eigenvalue weighted by molar-refractivity contribution is 6.35. The predicted molar refractivity (Wildman–Crippen MR) is 127 cm³/mol. The first-order valence-corrected chi connectivity index (χ1v) is 10.6. The van der Waals surface area contributed by atoms with Crippen molar-refractivity contribution in [2.45, 2.75) is 13.0 Å². The Balaban J connectivity index is 1.62. The van der Waals surface area contributed by atoms with Gasteiger partial charge in [-0.1, -0.05) is 60.1 Å². The standard InChI is InChI=1S/C26H19ClN2O3/c1-16(28-25(30)20-15-32-23-13-6-5-11-19(20)23)22-14-17-8-7-12-21(27)24(17)26(31)29(22)18-9-3-2-4-10-18/h2-16H,1H3,(H,28,30). The van der Waals surface area contributed by atoms with Gasteiger partial charge >= 0.3 is 0 Å². The maximum Gasteiger partial charge on any atom is 0.264 e. The Morgan fingerprint density at radius 3 is 2.56 bits per heavy atom. The normalized spacial score (nSPS) is 12.2. The lowest BCUT2D eigenvalue weighted by Gasteiger charge is -2.21. The van der Waals surface area contributed by atoms with Gasteiger partial charge in [-0.25, -0.2) is 0 Å². The van der Waals surface area contributed by atoms with Crippen LogP contribution in [0.25, 0.3) is 27.4 Å². The molecule has 158 valence electrons. The van der Waals surface area contributed by atoms with E-state index >= 15 is 0 Å². The molecule has 5 aromatic rings. The molecule has 1 unspecified atom stereocenters. The number of hydrogen-bond acceptors (Lipinski definition) is 3. The number of carbonyl (C=O) groups is 1. The molecule has 0 spiro atoms. The van der Waals surface area contributed by atoms with Crippen LogP contribution in [-0.2, 0) is 0 Å². The highest BCUT2D eigenvalue weighted by Gasteiger charge is 2.21. The van der Waals surface area contributed by atoms with Crippen molar-refractivity contribution in [3.05, 3.63) is 112 Å². The average Bonchev–Trinajstić information content (AvgIpc) is 3.24. The summed E-state index contributed by atoms with van der Waals surface area (Å²) >= 11 is 6.37. The van der Waals surface area contributed by atoms with Gasteiger partial charge in [0.05, 0.1) is 22.0 Å². The number of carbonyl (C=O) groups excluding carboxylic acids is 1. The molecule has 2 heterocycles. The maximum absolute atomic E-state index is 13.5. The largest absolute Gasteiger partial charge is 0.463 e. The fourth-order valence-electron chi connectivity index (χ4n) is 4.00. The van der Waals surface area contributed by atoms with Gasteiger partial charge in [-0.2, -0.15) is 0 Å². The molecule has 5 rings (SSSR count). The molecule has 0 aliphatic carbocycles. The number of aromatic nitrogens is 1. The van der Waals surface area contributed by atoms with Crippen molar-refractivity contribution >= 4 is 39.2 Å². The number of rotatable bonds is 4. The molecule has 3 aromatic carbocycles. The predicted octanol–water partition coefficient (Wildman–Crippen LogP) is 5.88. The van der Waals surface area contributed by atoms with Gasteiger partial charge in [0.15, 0.2) is 0 Å². The molecule has 0 aliphatic heterocycles. The number of fused-ring (bicyclic) bond motifs is 2. The van der Waals surface area contributed by atoms with Gasteiger partial charge in [-0.05, 0) is 42.6 Å². The molecule has 0 saturated heterocycles. The number of amides is 1. The lowest BCUT2D eigenvalue weighted by atomic mass is 10.1. The second kappa shape index (κ2) is 8.02. The highest BCUT2D eigenvalue weighted by Crippen LogP contribution is 2.26. The molecule has 32 heavy (non-hydrogen) atoms. The molecule has 0 fully saturated rings. The van der Waals surface area contributed by atoms with Gasteiger partial charge < -0.3 is 9.73 Å². The molecule has 0 saturated carbocycles. The minimum Gasteiger partial charge on any atom is -0.463 e. The van der Waals surface area contributed by atoms with Crippen LogP contribution in [0.5, 0.6) is 0 Å². The lowest BCUT2D eigenvalue weighted by Crippen LogP contribution is -2.32. The second-order valence-corrected chi connectivity index (χ2v) is 8.00. The van der Waals surface area contributed by atoms with Crippen molar-refractivity contribution in [1.29, 1.82) is 0 Å². The minimum absolute atomic E-state index is 0.232. The lowest BCUT2D eigenvalue weighted by molar-refractivity contribution is 0.0939. The zero-order chi connectivity index (χ0) is 22.2. The number of pyridine rings is 1. The molecule has 6 heteroatoms. The summed E-state index contributed by atoms with van der Waals surface area (Å²) in [6.45, 7) is 1.85. The van der Waals surface area contributed by atoms with E-state index in [0.717, 1.165) is 10.8 Å². The average molecular weight is 443 g/mol. The summed E-state index contributed by atoms with van der Waals surface area (Å²) in [7, 11) is 0. The second-order valence-electron chi connectivity index (χ2n) is 7.59. The van der Waals surface area contributed by atoms with Crippen LogP contribution in [0.2, 0.25) is 5.02 Å². The Bertz CT molecular complexity index is 1520. The first-order chi connectivity index (χ1) is 15.5. The molecular weight excluding hydrogens is 424 g/mol. The SMILES string of the molecule is CC(NC(=O)c1coc2ccccc12)c1cc2cccc(Cl)c2c(=O)n1-c1ccccc1. The van der Waals surface area contributed by atoms with E-state index in [2.05, 4.69) is 5.32 Å². The Morgan fingerprint density at radius 2 is 1.75 bits per heavy atom. The first kappa shape index (κ1) is 20.1. The third-order valence-electron chi connectivity index (χ3n) is 5.56. The Labute approximate surface area is 188 Å². The van der Waals surface area contributed by atoms with Crippen molar-refractivity contribution in [3.63, 3.8) is 0 Å². The van der Waals surface area contributed by atoms with Crippen molar-refractivity contribution < 1.29 is 9.21 Å². The molecule has 0 bridgehead atoms. The maximum atomic E-state index is 13.5. The van der Waals surface area contributed by atoms with Crippen LogP contribution in [0.3, 0.4) is 0 Å². The number of benzene rings is 3. The Kier molecular flexibility index (Phi) is 5.04. The number of halogens is 1. The third-order valence-corrected chi connectivity index (χ3v) is 5.87. The van der Waals surface area contributed by atoms with Crippen LogP contribution in [0.15, 0.2) is 94.3 Å². The first-order valence-electron chi connectivity index (χ1n) is 10.2. The zero-order valence-electron chi connectivity index (χ0n) is 17.2. The number of para-hydroxylation sites is 2. The van der Waals surface area contributed by atoms with Gasteiger partial charge in [-0.3, -0.25) is 14.2 Å². The zero-order valence-corrected chi connectivity index (χ0v) is 18.0. The van der Waals surface area contributed by atoms with Gasteiger partial charge in [0.2, 0.25) is 0 Å². The van der Waals surface area contributed by atoms with Crippen LogP contribution < -0.4 is 10.9 Å². The third kappa shape index (κ3) is 3.37. The smallest absolute Gasteiger partial charge is 0.264 e. The van der Waals surface area contributed by atoms with Gasteiger partial charge in [0.25, 0.3) is 11.5 Å². The number of furan rings is 1. The van der Waals surface area contributed by atoms with Crippen molar-refractivity contribution in [3.8, 4) is 5.69 Å². The van der Waals surface area contributed by atoms with Crippen LogP contribution >= 0.6 is 11.6 Å². The fraction of sp³-hybridized carbons (Fsp3) is 0.0769. The van der Waals surface area contributed by atoms with Crippen LogP contribution in [0.1, 0.15) is 29.0 Å². The van der Waals surface area contributed by atoms with E-state index in [1.165, 1.54) is 6.26 Å². The molecule has 0 aliphatic rings. The molecule has 1 N–H and O–H groups in total. The van der Waals surface area contributed by atoms with Crippen molar-refractivity contribution in [2.75, 3.05) is 0 Å². The minimum atomic E-state index is -0.465. The summed E-state index contributed by atoms with van der Waals surface area (Å²) in [5.74, 6) is -0.277. The van der Waals surface area contributed by atoms with Gasteiger partial charge in [0, 0.05) is 16.8 Å². The summed E-state index contributed by atoms with van der Waals surface area (Å²) in [6.07, 6.45) is 1.46. The van der Waals surface area contributed by atoms with Crippen LogP contribution in [-0.4, -0.2) is 10.5 Å². The number of hydrogen-bond donors (Lipinski definition) is 1. The Hall–Kier alpha value is -3.83. The number of nitrogens with zero attached hydrogens (tertiary/aromatic N) is 1. The van der Waals surface area contributed by atoms with E-state index in [4.69, 9.17) is 16.0 Å². The van der Waals surface area contributed by atoms with E-state index in [-0.39, 0.29) is 11.5 Å². The Morgan fingerprint density at radius 1 is 1.00 bits per heavy atom. The summed E-state index contributed by atoms with van der Waals surface area (Å²) in [4.78, 5) is 26.6. The molecule has 1 atom stereocenters. The summed E-state index contributed by atoms with van der Waals surface area (Å²) in [5.41, 5.74) is 2.21. The van der Waals surface area contributed by atoms with E-state index < -0.39 is 6.04 Å². The van der Waals surface area contributed by atoms with Crippen molar-refractivity contribution in [2.24, 2.45) is 0 Å². The fourth-order valence-corrected chi connectivity index (χ4v) is 4.27. The van der Waals surface area contributed by atoms with E-state index in [0.29, 0.717) is 32.9 Å². The van der Waals surface area contributed by atoms with Crippen LogP contribution in [0.4, 0.5) is 0 Å².